The fourth-order valence-corrected chi connectivity index (χ4v) is 3.38. The number of carbonyl (C=O) groups is 1. The summed E-state index contributed by atoms with van der Waals surface area (Å²) in [5.74, 6) is -1.16. The smallest absolute Gasteiger partial charge is 0.345 e. The average Bonchev–Trinajstić information content (AvgIpc) is 2.77. The van der Waals surface area contributed by atoms with Gasteiger partial charge in [0.15, 0.2) is 0 Å². The van der Waals surface area contributed by atoms with E-state index >= 15 is 0 Å². The molecule has 0 saturated heterocycles. The molecule has 0 aliphatic rings. The number of aliphatic hydroxyl groups is 1. The van der Waals surface area contributed by atoms with Crippen LogP contribution in [-0.4, -0.2) is 36.7 Å². The molecule has 1 heterocycles. The van der Waals surface area contributed by atoms with Gasteiger partial charge in [0.25, 0.3) is 0 Å². The van der Waals surface area contributed by atoms with Gasteiger partial charge in [-0.15, -0.1) is 11.3 Å². The minimum atomic E-state index is -3.77. The van der Waals surface area contributed by atoms with Crippen LogP contribution in [0.3, 0.4) is 0 Å². The first-order chi connectivity index (χ1) is 8.18. The number of nitrogens with one attached hydrogen (secondary N) is 1. The Morgan fingerprint density at radius 1 is 1.50 bits per heavy atom. The van der Waals surface area contributed by atoms with Crippen molar-refractivity contribution in [2.75, 3.05) is 6.54 Å². The van der Waals surface area contributed by atoms with Gasteiger partial charge in [-0.05, 0) is 25.5 Å². The summed E-state index contributed by atoms with van der Waals surface area (Å²) in [4.78, 5) is 10.6. The van der Waals surface area contributed by atoms with Crippen molar-refractivity contribution in [3.8, 4) is 0 Å². The van der Waals surface area contributed by atoms with E-state index in [0.717, 1.165) is 0 Å². The summed E-state index contributed by atoms with van der Waals surface area (Å²) in [7, 11) is -3.77. The standard InChI is InChI=1S/C10H15NO5S2/c1-3-10(2,14)6-11-18(15,16)8-5-4-7(17-8)9(12)13/h4-5,11,14H,3,6H2,1-2H3,(H,12,13). The quantitative estimate of drug-likeness (QED) is 0.722. The lowest BCUT2D eigenvalue weighted by Crippen LogP contribution is -2.39. The summed E-state index contributed by atoms with van der Waals surface area (Å²) in [6.07, 6.45) is 0.403. The molecule has 0 radical (unpaired) electrons. The van der Waals surface area contributed by atoms with E-state index in [-0.39, 0.29) is 15.6 Å². The molecule has 102 valence electrons. The van der Waals surface area contributed by atoms with Crippen molar-refractivity contribution in [1.82, 2.24) is 4.72 Å². The predicted octanol–water partition coefficient (Wildman–Crippen LogP) is 0.886. The molecule has 1 aromatic heterocycles. The lowest BCUT2D eigenvalue weighted by molar-refractivity contribution is 0.0613. The molecule has 0 aliphatic heterocycles. The fourth-order valence-electron chi connectivity index (χ4n) is 1.03. The molecule has 8 heteroatoms. The molecule has 1 atom stereocenters. The number of hydrogen-bond acceptors (Lipinski definition) is 5. The van der Waals surface area contributed by atoms with Crippen LogP contribution < -0.4 is 4.72 Å². The Balaban J connectivity index is 2.83. The highest BCUT2D eigenvalue weighted by molar-refractivity contribution is 7.91. The van der Waals surface area contributed by atoms with Crippen LogP contribution in [0.15, 0.2) is 16.3 Å². The molecule has 3 N–H and O–H groups in total. The Morgan fingerprint density at radius 2 is 2.11 bits per heavy atom. The van der Waals surface area contributed by atoms with Crippen LogP contribution in [0.2, 0.25) is 0 Å². The summed E-state index contributed by atoms with van der Waals surface area (Å²) in [6.45, 7) is 3.14. The number of hydrogen-bond donors (Lipinski definition) is 3. The van der Waals surface area contributed by atoms with Crippen molar-refractivity contribution in [2.24, 2.45) is 0 Å². The van der Waals surface area contributed by atoms with E-state index in [1.807, 2.05) is 0 Å². The molecule has 0 bridgehead atoms. The monoisotopic (exact) mass is 293 g/mol. The number of rotatable bonds is 6. The summed E-state index contributed by atoms with van der Waals surface area (Å²) >= 11 is 0.674. The van der Waals surface area contributed by atoms with Crippen LogP contribution in [0, 0.1) is 0 Å². The van der Waals surface area contributed by atoms with E-state index < -0.39 is 21.6 Å². The predicted molar refractivity (Wildman–Crippen MR) is 67.4 cm³/mol. The number of carboxylic acids is 1. The van der Waals surface area contributed by atoms with E-state index in [4.69, 9.17) is 5.11 Å². The second-order valence-corrected chi connectivity index (χ2v) is 7.18. The number of thiophene rings is 1. The number of aromatic carboxylic acids is 1. The van der Waals surface area contributed by atoms with Gasteiger partial charge in [-0.25, -0.2) is 17.9 Å². The average molecular weight is 293 g/mol. The molecule has 0 spiro atoms. The van der Waals surface area contributed by atoms with Crippen molar-refractivity contribution in [3.63, 3.8) is 0 Å². The van der Waals surface area contributed by atoms with Crippen LogP contribution in [0.25, 0.3) is 0 Å². The maximum Gasteiger partial charge on any atom is 0.345 e. The van der Waals surface area contributed by atoms with Crippen LogP contribution in [0.4, 0.5) is 0 Å². The fraction of sp³-hybridized carbons (Fsp3) is 0.500. The largest absolute Gasteiger partial charge is 0.477 e. The maximum atomic E-state index is 11.8. The van der Waals surface area contributed by atoms with Gasteiger partial charge in [0.05, 0.1) is 5.60 Å². The minimum Gasteiger partial charge on any atom is -0.477 e. The van der Waals surface area contributed by atoms with Gasteiger partial charge in [0.2, 0.25) is 10.0 Å². The molecule has 1 aromatic rings. The first-order valence-electron chi connectivity index (χ1n) is 5.23. The Labute approximate surface area is 109 Å². The highest BCUT2D eigenvalue weighted by Crippen LogP contribution is 2.21. The van der Waals surface area contributed by atoms with Crippen molar-refractivity contribution < 1.29 is 23.4 Å². The van der Waals surface area contributed by atoms with E-state index in [0.29, 0.717) is 17.8 Å². The van der Waals surface area contributed by atoms with E-state index in [9.17, 15) is 18.3 Å². The van der Waals surface area contributed by atoms with Gasteiger partial charge in [-0.2, -0.15) is 0 Å². The lowest BCUT2D eigenvalue weighted by atomic mass is 10.1. The Morgan fingerprint density at radius 3 is 2.56 bits per heavy atom. The van der Waals surface area contributed by atoms with Crippen LogP contribution >= 0.6 is 11.3 Å². The summed E-state index contributed by atoms with van der Waals surface area (Å²) in [6, 6.07) is 2.47. The minimum absolute atomic E-state index is 0.0439. The van der Waals surface area contributed by atoms with Crippen molar-refractivity contribution in [2.45, 2.75) is 30.1 Å². The molecule has 0 amide bonds. The van der Waals surface area contributed by atoms with Gasteiger partial charge < -0.3 is 10.2 Å². The SMILES string of the molecule is CCC(C)(O)CNS(=O)(=O)c1ccc(C(=O)O)s1. The summed E-state index contributed by atoms with van der Waals surface area (Å²) in [5.41, 5.74) is -1.13. The zero-order valence-corrected chi connectivity index (χ0v) is 11.6. The van der Waals surface area contributed by atoms with E-state index in [1.165, 1.54) is 19.1 Å². The second kappa shape index (κ2) is 5.35. The van der Waals surface area contributed by atoms with E-state index in [1.54, 1.807) is 6.92 Å². The first-order valence-corrected chi connectivity index (χ1v) is 7.53. The molecule has 1 rings (SSSR count). The zero-order chi connectivity index (χ0) is 14.0. The normalized spacial score (nSPS) is 15.3. The molecule has 0 fully saturated rings. The van der Waals surface area contributed by atoms with Gasteiger partial charge in [0, 0.05) is 6.54 Å². The molecule has 0 aliphatic carbocycles. The topological polar surface area (TPSA) is 104 Å². The molecule has 0 saturated carbocycles. The highest BCUT2D eigenvalue weighted by atomic mass is 32.2. The molecular weight excluding hydrogens is 278 g/mol. The second-order valence-electron chi connectivity index (χ2n) is 4.10. The van der Waals surface area contributed by atoms with Gasteiger partial charge in [0.1, 0.15) is 9.09 Å². The third-order valence-corrected chi connectivity index (χ3v) is 5.43. The third kappa shape index (κ3) is 3.77. The lowest BCUT2D eigenvalue weighted by Gasteiger charge is -2.21. The molecule has 18 heavy (non-hydrogen) atoms. The summed E-state index contributed by atoms with van der Waals surface area (Å²) in [5, 5.41) is 18.4. The van der Waals surface area contributed by atoms with Gasteiger partial charge in [-0.3, -0.25) is 0 Å². The number of carboxylic acid groups (broad SMARTS) is 1. The van der Waals surface area contributed by atoms with Gasteiger partial charge >= 0.3 is 5.97 Å². The van der Waals surface area contributed by atoms with Crippen LogP contribution in [-0.2, 0) is 10.0 Å². The van der Waals surface area contributed by atoms with Crippen LogP contribution in [0.5, 0.6) is 0 Å². The van der Waals surface area contributed by atoms with Crippen LogP contribution in [0.1, 0.15) is 29.9 Å². The molecule has 1 unspecified atom stereocenters. The van der Waals surface area contributed by atoms with Crippen molar-refractivity contribution >= 4 is 27.3 Å². The maximum absolute atomic E-state index is 11.8. The van der Waals surface area contributed by atoms with Crippen molar-refractivity contribution in [1.29, 1.82) is 0 Å². The summed E-state index contributed by atoms with van der Waals surface area (Å²) < 4.78 is 25.8. The van der Waals surface area contributed by atoms with E-state index in [2.05, 4.69) is 4.72 Å². The third-order valence-electron chi connectivity index (χ3n) is 2.46. The Kier molecular flexibility index (Phi) is 4.49. The Hall–Kier alpha value is -0.960. The van der Waals surface area contributed by atoms with Gasteiger partial charge in [-0.1, -0.05) is 6.92 Å². The number of sulfonamides is 1. The first kappa shape index (κ1) is 15.1. The molecule has 6 nitrogen and oxygen atoms in total. The molecular formula is C10H15NO5S2. The van der Waals surface area contributed by atoms with Crippen molar-refractivity contribution in [3.05, 3.63) is 17.0 Å². The highest BCUT2D eigenvalue weighted by Gasteiger charge is 2.24. The molecule has 0 aromatic carbocycles. The Bertz CT molecular complexity index is 532. The zero-order valence-electron chi connectivity index (χ0n) is 10.0.